The number of rotatable bonds is 6. The Hall–Kier alpha value is -4.20. The first-order valence-electron chi connectivity index (χ1n) is 9.89. The van der Waals surface area contributed by atoms with Crippen LogP contribution in [0.5, 0.6) is 0 Å². The first-order valence-corrected chi connectivity index (χ1v) is 9.89. The van der Waals surface area contributed by atoms with E-state index in [9.17, 15) is 22.8 Å². The van der Waals surface area contributed by atoms with Crippen LogP contribution in [-0.2, 0) is 0 Å². The van der Waals surface area contributed by atoms with Gasteiger partial charge in [0.25, 0.3) is 12.3 Å². The van der Waals surface area contributed by atoms with Gasteiger partial charge in [0.1, 0.15) is 0 Å². The lowest BCUT2D eigenvalue weighted by Crippen LogP contribution is -2.13. The largest absolute Gasteiger partial charge is 0.478 e. The van der Waals surface area contributed by atoms with E-state index in [0.717, 1.165) is 0 Å². The standard InChI is InChI=1S/C25H17F3N2O3/c26-22(23(27)28)15-7-5-14(6-8-15)19-3-1-2-4-20(19)24(31)30-18-10-9-16-11-17(25(32)33)13-29-21(16)12-18/h1-13,22-23H,(H,30,31)(H,32,33). The molecule has 5 nitrogen and oxygen atoms in total. The summed E-state index contributed by atoms with van der Waals surface area (Å²) in [5, 5.41) is 12.5. The quantitative estimate of drug-likeness (QED) is 0.371. The van der Waals surface area contributed by atoms with Crippen LogP contribution in [0.15, 0.2) is 79.0 Å². The third-order valence-electron chi connectivity index (χ3n) is 5.12. The Morgan fingerprint density at radius 1 is 0.909 bits per heavy atom. The van der Waals surface area contributed by atoms with Gasteiger partial charge in [-0.25, -0.2) is 18.0 Å². The first-order chi connectivity index (χ1) is 15.8. The number of halogens is 3. The van der Waals surface area contributed by atoms with Crippen LogP contribution in [0, 0.1) is 0 Å². The molecule has 4 aromatic rings. The average molecular weight is 450 g/mol. The highest BCUT2D eigenvalue weighted by Crippen LogP contribution is 2.29. The number of benzene rings is 3. The molecule has 33 heavy (non-hydrogen) atoms. The van der Waals surface area contributed by atoms with Crippen LogP contribution in [-0.4, -0.2) is 28.4 Å². The van der Waals surface area contributed by atoms with Crippen LogP contribution >= 0.6 is 0 Å². The molecule has 0 spiro atoms. The Kier molecular flexibility index (Phi) is 6.08. The summed E-state index contributed by atoms with van der Waals surface area (Å²) in [7, 11) is 0. The number of anilines is 1. The van der Waals surface area contributed by atoms with Crippen LogP contribution in [0.3, 0.4) is 0 Å². The molecule has 166 valence electrons. The number of hydrogen-bond donors (Lipinski definition) is 2. The average Bonchev–Trinajstić information content (AvgIpc) is 2.83. The van der Waals surface area contributed by atoms with Gasteiger partial charge in [-0.1, -0.05) is 48.5 Å². The van der Waals surface area contributed by atoms with Crippen LogP contribution in [0.2, 0.25) is 0 Å². The van der Waals surface area contributed by atoms with E-state index in [1.54, 1.807) is 42.5 Å². The highest BCUT2D eigenvalue weighted by Gasteiger charge is 2.21. The molecule has 0 radical (unpaired) electrons. The lowest BCUT2D eigenvalue weighted by molar-refractivity contribution is 0.0496. The Morgan fingerprint density at radius 2 is 1.64 bits per heavy atom. The van der Waals surface area contributed by atoms with Gasteiger partial charge in [-0.3, -0.25) is 9.78 Å². The van der Waals surface area contributed by atoms with Gasteiger partial charge in [0.15, 0.2) is 6.17 Å². The minimum absolute atomic E-state index is 0.0619. The van der Waals surface area contributed by atoms with Crippen LogP contribution in [0.25, 0.3) is 22.0 Å². The van der Waals surface area contributed by atoms with Crippen molar-refractivity contribution >= 4 is 28.5 Å². The molecular weight excluding hydrogens is 433 g/mol. The van der Waals surface area contributed by atoms with Crippen molar-refractivity contribution in [1.82, 2.24) is 4.98 Å². The number of carbonyl (C=O) groups is 2. The maximum Gasteiger partial charge on any atom is 0.337 e. The zero-order chi connectivity index (χ0) is 23.5. The van der Waals surface area contributed by atoms with Crippen molar-refractivity contribution in [3.8, 4) is 11.1 Å². The van der Waals surface area contributed by atoms with Crippen LogP contribution < -0.4 is 5.32 Å². The fourth-order valence-electron chi connectivity index (χ4n) is 3.44. The van der Waals surface area contributed by atoms with Gasteiger partial charge in [-0.05, 0) is 41.0 Å². The number of carbonyl (C=O) groups excluding carboxylic acids is 1. The normalized spacial score (nSPS) is 12.0. The smallest absolute Gasteiger partial charge is 0.337 e. The van der Waals surface area contributed by atoms with Crippen LogP contribution in [0.1, 0.15) is 32.5 Å². The predicted octanol–water partition coefficient (Wildman–Crippen LogP) is 6.13. The molecule has 0 aliphatic carbocycles. The molecule has 1 atom stereocenters. The van der Waals surface area contributed by atoms with Gasteiger partial charge in [-0.2, -0.15) is 0 Å². The minimum Gasteiger partial charge on any atom is -0.478 e. The summed E-state index contributed by atoms with van der Waals surface area (Å²) in [6, 6.07) is 18.7. The molecule has 4 rings (SSSR count). The summed E-state index contributed by atoms with van der Waals surface area (Å²) in [5.74, 6) is -1.49. The maximum absolute atomic E-state index is 13.6. The first kappa shape index (κ1) is 22.0. The zero-order valence-electron chi connectivity index (χ0n) is 17.0. The number of carboxylic acids is 1. The Bertz CT molecular complexity index is 1340. The monoisotopic (exact) mass is 450 g/mol. The molecule has 0 bridgehead atoms. The lowest BCUT2D eigenvalue weighted by atomic mass is 9.97. The second-order valence-electron chi connectivity index (χ2n) is 7.29. The van der Waals surface area contributed by atoms with Gasteiger partial charge in [0, 0.05) is 22.8 Å². The van der Waals surface area contributed by atoms with Crippen molar-refractivity contribution in [2.75, 3.05) is 5.32 Å². The van der Waals surface area contributed by atoms with Crippen molar-refractivity contribution in [2.24, 2.45) is 0 Å². The van der Waals surface area contributed by atoms with Gasteiger partial charge in [0.05, 0.1) is 11.1 Å². The highest BCUT2D eigenvalue weighted by molar-refractivity contribution is 6.09. The minimum atomic E-state index is -3.11. The van der Waals surface area contributed by atoms with Crippen molar-refractivity contribution in [1.29, 1.82) is 0 Å². The Morgan fingerprint density at radius 3 is 2.33 bits per heavy atom. The van der Waals surface area contributed by atoms with E-state index in [1.165, 1.54) is 36.5 Å². The van der Waals surface area contributed by atoms with Crippen molar-refractivity contribution < 1.29 is 27.9 Å². The molecule has 1 heterocycles. The van der Waals surface area contributed by atoms with Gasteiger partial charge < -0.3 is 10.4 Å². The Balaban J connectivity index is 1.60. The number of nitrogens with zero attached hydrogens (tertiary/aromatic N) is 1. The molecule has 2 N–H and O–H groups in total. The second kappa shape index (κ2) is 9.12. The molecule has 1 aromatic heterocycles. The maximum atomic E-state index is 13.6. The van der Waals surface area contributed by atoms with Crippen LogP contribution in [0.4, 0.5) is 18.9 Å². The molecule has 0 aliphatic rings. The fourth-order valence-corrected chi connectivity index (χ4v) is 3.44. The van der Waals surface area contributed by atoms with Crippen molar-refractivity contribution in [3.63, 3.8) is 0 Å². The zero-order valence-corrected chi connectivity index (χ0v) is 17.0. The second-order valence-corrected chi connectivity index (χ2v) is 7.29. The molecule has 8 heteroatoms. The van der Waals surface area contributed by atoms with E-state index in [-0.39, 0.29) is 11.1 Å². The number of amides is 1. The van der Waals surface area contributed by atoms with E-state index >= 15 is 0 Å². The Labute approximate surface area is 186 Å². The van der Waals surface area contributed by atoms with E-state index in [0.29, 0.717) is 33.3 Å². The van der Waals surface area contributed by atoms with Crippen molar-refractivity contribution in [3.05, 3.63) is 95.7 Å². The van der Waals surface area contributed by atoms with E-state index in [4.69, 9.17) is 5.11 Å². The molecule has 1 unspecified atom stereocenters. The summed E-state index contributed by atoms with van der Waals surface area (Å²) >= 11 is 0. The number of fused-ring (bicyclic) bond motifs is 1. The highest BCUT2D eigenvalue weighted by atomic mass is 19.3. The lowest BCUT2D eigenvalue weighted by Gasteiger charge is -2.12. The van der Waals surface area contributed by atoms with E-state index < -0.39 is 24.5 Å². The van der Waals surface area contributed by atoms with Crippen molar-refractivity contribution in [2.45, 2.75) is 12.6 Å². The van der Waals surface area contributed by atoms with Gasteiger partial charge >= 0.3 is 5.97 Å². The molecule has 0 saturated heterocycles. The molecule has 0 saturated carbocycles. The summed E-state index contributed by atoms with van der Waals surface area (Å²) < 4.78 is 38.8. The third-order valence-corrected chi connectivity index (χ3v) is 5.12. The summed E-state index contributed by atoms with van der Waals surface area (Å²) in [6.45, 7) is 0. The number of aromatic nitrogens is 1. The number of nitrogens with one attached hydrogen (secondary N) is 1. The van der Waals surface area contributed by atoms with E-state index in [1.807, 2.05) is 0 Å². The summed E-state index contributed by atoms with van der Waals surface area (Å²) in [4.78, 5) is 28.2. The van der Waals surface area contributed by atoms with E-state index in [2.05, 4.69) is 10.3 Å². The molecule has 0 aliphatic heterocycles. The predicted molar refractivity (Wildman–Crippen MR) is 118 cm³/mol. The topological polar surface area (TPSA) is 79.3 Å². The SMILES string of the molecule is O=C(O)c1cnc2cc(NC(=O)c3ccccc3-c3ccc(C(F)C(F)F)cc3)ccc2c1. The molecule has 3 aromatic carbocycles. The number of hydrogen-bond acceptors (Lipinski definition) is 3. The molecular formula is C25H17F3N2O3. The number of carboxylic acid groups (broad SMARTS) is 1. The van der Waals surface area contributed by atoms with Gasteiger partial charge in [0.2, 0.25) is 0 Å². The molecule has 0 fully saturated rings. The molecule has 1 amide bonds. The van der Waals surface area contributed by atoms with Gasteiger partial charge in [-0.15, -0.1) is 0 Å². The fraction of sp³-hybridized carbons (Fsp3) is 0.0800. The third kappa shape index (κ3) is 4.69. The summed E-state index contributed by atoms with van der Waals surface area (Å²) in [5.41, 5.74) is 2.38. The summed E-state index contributed by atoms with van der Waals surface area (Å²) in [6.07, 6.45) is -4.24. The number of pyridine rings is 1. The number of aromatic carboxylic acids is 1. The number of alkyl halides is 3.